The highest BCUT2D eigenvalue weighted by Gasteiger charge is 2.13. The molecule has 29 heavy (non-hydrogen) atoms. The van der Waals surface area contributed by atoms with Crippen LogP contribution in [0.4, 0.5) is 20.3 Å². The van der Waals surface area contributed by atoms with Crippen molar-refractivity contribution in [3.8, 4) is 11.1 Å². The Morgan fingerprint density at radius 1 is 1.00 bits per heavy atom. The second kappa shape index (κ2) is 8.55. The van der Waals surface area contributed by atoms with Crippen LogP contribution in [0.5, 0.6) is 0 Å². The standard InChI is InChI=1S/C21H18F2N4O2/c1-12(2)20(28)27-19-8-13(5-6-25-19)21(29)26-16-7-14(10-24-11-16)17-9-15(22)3-4-18(17)23/h3-12H,1-2H3,(H,26,29)(H,25,27,28). The third-order valence-corrected chi connectivity index (χ3v) is 4.03. The van der Waals surface area contributed by atoms with Gasteiger partial charge in [0.05, 0.1) is 11.9 Å². The lowest BCUT2D eigenvalue weighted by Crippen LogP contribution is -2.19. The van der Waals surface area contributed by atoms with Gasteiger partial charge < -0.3 is 10.6 Å². The molecule has 0 spiro atoms. The molecule has 0 bridgehead atoms. The summed E-state index contributed by atoms with van der Waals surface area (Å²) in [6, 6.07) is 7.54. The lowest BCUT2D eigenvalue weighted by Gasteiger charge is -2.10. The highest BCUT2D eigenvalue weighted by molar-refractivity contribution is 6.05. The van der Waals surface area contributed by atoms with Crippen LogP contribution in [0.1, 0.15) is 24.2 Å². The first-order chi connectivity index (χ1) is 13.8. The van der Waals surface area contributed by atoms with E-state index in [1.165, 1.54) is 36.8 Å². The largest absolute Gasteiger partial charge is 0.321 e. The minimum atomic E-state index is -0.601. The van der Waals surface area contributed by atoms with Crippen molar-refractivity contribution in [2.45, 2.75) is 13.8 Å². The molecule has 2 amide bonds. The van der Waals surface area contributed by atoms with Gasteiger partial charge in [0.25, 0.3) is 5.91 Å². The molecular weight excluding hydrogens is 378 g/mol. The molecule has 2 aromatic heterocycles. The number of halogens is 2. The van der Waals surface area contributed by atoms with Crippen molar-refractivity contribution in [3.63, 3.8) is 0 Å². The summed E-state index contributed by atoms with van der Waals surface area (Å²) >= 11 is 0. The van der Waals surface area contributed by atoms with E-state index < -0.39 is 17.5 Å². The van der Waals surface area contributed by atoms with Crippen LogP contribution in [0.25, 0.3) is 11.1 Å². The Hall–Kier alpha value is -3.68. The van der Waals surface area contributed by atoms with Crippen molar-refractivity contribution in [3.05, 3.63) is 72.2 Å². The quantitative estimate of drug-likeness (QED) is 0.675. The maximum absolute atomic E-state index is 14.0. The second-order valence-corrected chi connectivity index (χ2v) is 6.61. The number of hydrogen-bond acceptors (Lipinski definition) is 4. The van der Waals surface area contributed by atoms with E-state index in [-0.39, 0.29) is 28.8 Å². The second-order valence-electron chi connectivity index (χ2n) is 6.61. The third kappa shape index (κ3) is 4.98. The number of rotatable bonds is 5. The van der Waals surface area contributed by atoms with Gasteiger partial charge in [-0.05, 0) is 36.4 Å². The van der Waals surface area contributed by atoms with Crippen molar-refractivity contribution in [1.29, 1.82) is 0 Å². The summed E-state index contributed by atoms with van der Waals surface area (Å²) in [5.41, 5.74) is 0.928. The SMILES string of the molecule is CC(C)C(=O)Nc1cc(C(=O)Nc2cncc(-c3cc(F)ccc3F)c2)ccn1. The third-order valence-electron chi connectivity index (χ3n) is 4.03. The Kier molecular flexibility index (Phi) is 5.92. The molecule has 0 fully saturated rings. The zero-order valence-corrected chi connectivity index (χ0v) is 15.7. The number of nitrogens with zero attached hydrogens (tertiary/aromatic N) is 2. The van der Waals surface area contributed by atoms with Gasteiger partial charge in [-0.15, -0.1) is 0 Å². The number of carbonyl (C=O) groups excluding carboxylic acids is 2. The van der Waals surface area contributed by atoms with Crippen molar-refractivity contribution < 1.29 is 18.4 Å². The van der Waals surface area contributed by atoms with E-state index in [2.05, 4.69) is 20.6 Å². The van der Waals surface area contributed by atoms with Gasteiger partial charge in [0.1, 0.15) is 17.5 Å². The molecule has 2 N–H and O–H groups in total. The topological polar surface area (TPSA) is 84.0 Å². The number of hydrogen-bond donors (Lipinski definition) is 2. The Labute approximate surface area is 166 Å². The molecule has 3 aromatic rings. The molecular formula is C21H18F2N4O2. The van der Waals surface area contributed by atoms with E-state index in [1.807, 2.05) is 0 Å². The van der Waals surface area contributed by atoms with Gasteiger partial charge in [0.2, 0.25) is 5.91 Å². The highest BCUT2D eigenvalue weighted by atomic mass is 19.1. The van der Waals surface area contributed by atoms with Gasteiger partial charge in [-0.2, -0.15) is 0 Å². The van der Waals surface area contributed by atoms with Gasteiger partial charge >= 0.3 is 0 Å². The summed E-state index contributed by atoms with van der Waals surface area (Å²) in [4.78, 5) is 32.3. The maximum Gasteiger partial charge on any atom is 0.255 e. The van der Waals surface area contributed by atoms with E-state index >= 15 is 0 Å². The normalized spacial score (nSPS) is 10.7. The van der Waals surface area contributed by atoms with Gasteiger partial charge in [0.15, 0.2) is 0 Å². The van der Waals surface area contributed by atoms with E-state index in [1.54, 1.807) is 13.8 Å². The number of anilines is 2. The molecule has 0 saturated carbocycles. The van der Waals surface area contributed by atoms with Gasteiger partial charge in [-0.1, -0.05) is 13.8 Å². The van der Waals surface area contributed by atoms with E-state index in [0.717, 1.165) is 18.2 Å². The van der Waals surface area contributed by atoms with Crippen molar-refractivity contribution >= 4 is 23.3 Å². The lowest BCUT2D eigenvalue weighted by molar-refractivity contribution is -0.118. The fraction of sp³-hybridized carbons (Fsp3) is 0.143. The molecule has 0 aliphatic rings. The van der Waals surface area contributed by atoms with Crippen LogP contribution < -0.4 is 10.6 Å². The fourth-order valence-corrected chi connectivity index (χ4v) is 2.49. The smallest absolute Gasteiger partial charge is 0.255 e. The summed E-state index contributed by atoms with van der Waals surface area (Å²) in [6.45, 7) is 3.49. The Balaban J connectivity index is 1.79. The van der Waals surface area contributed by atoms with Crippen LogP contribution in [0.15, 0.2) is 55.0 Å². The summed E-state index contributed by atoms with van der Waals surface area (Å²) in [5, 5.41) is 5.27. The van der Waals surface area contributed by atoms with Crippen LogP contribution >= 0.6 is 0 Å². The number of amides is 2. The fourth-order valence-electron chi connectivity index (χ4n) is 2.49. The van der Waals surface area contributed by atoms with Crippen LogP contribution in [0.2, 0.25) is 0 Å². The molecule has 3 rings (SSSR count). The molecule has 8 heteroatoms. The average molecular weight is 396 g/mol. The minimum Gasteiger partial charge on any atom is -0.321 e. The summed E-state index contributed by atoms with van der Waals surface area (Å²) in [6.07, 6.45) is 4.17. The number of benzene rings is 1. The maximum atomic E-state index is 14.0. The monoisotopic (exact) mass is 396 g/mol. The van der Waals surface area contributed by atoms with Crippen LogP contribution in [0.3, 0.4) is 0 Å². The zero-order valence-electron chi connectivity index (χ0n) is 15.7. The first kappa shape index (κ1) is 20.1. The first-order valence-corrected chi connectivity index (χ1v) is 8.82. The van der Waals surface area contributed by atoms with Gasteiger partial charge in [-0.3, -0.25) is 14.6 Å². The molecule has 1 aromatic carbocycles. The highest BCUT2D eigenvalue weighted by Crippen LogP contribution is 2.25. The summed E-state index contributed by atoms with van der Waals surface area (Å²) in [5.74, 6) is -1.84. The lowest BCUT2D eigenvalue weighted by atomic mass is 10.1. The van der Waals surface area contributed by atoms with Gasteiger partial charge in [0, 0.05) is 35.0 Å². The van der Waals surface area contributed by atoms with E-state index in [0.29, 0.717) is 11.3 Å². The average Bonchev–Trinajstić information content (AvgIpc) is 2.70. The molecule has 0 aliphatic carbocycles. The number of nitrogens with one attached hydrogen (secondary N) is 2. The number of pyridine rings is 2. The van der Waals surface area contributed by atoms with Crippen LogP contribution in [-0.4, -0.2) is 21.8 Å². The molecule has 148 valence electrons. The number of aromatic nitrogens is 2. The molecule has 0 aliphatic heterocycles. The zero-order chi connectivity index (χ0) is 21.0. The van der Waals surface area contributed by atoms with Crippen LogP contribution in [0, 0.1) is 17.6 Å². The molecule has 2 heterocycles. The number of carbonyl (C=O) groups is 2. The first-order valence-electron chi connectivity index (χ1n) is 8.82. The molecule has 0 radical (unpaired) electrons. The van der Waals surface area contributed by atoms with Crippen molar-refractivity contribution in [1.82, 2.24) is 9.97 Å². The predicted octanol–water partition coefficient (Wildman–Crippen LogP) is 4.27. The van der Waals surface area contributed by atoms with Gasteiger partial charge in [-0.25, -0.2) is 13.8 Å². The summed E-state index contributed by atoms with van der Waals surface area (Å²) < 4.78 is 27.4. The molecule has 0 saturated heterocycles. The minimum absolute atomic E-state index is 0.0381. The Bertz CT molecular complexity index is 1070. The van der Waals surface area contributed by atoms with E-state index in [9.17, 15) is 18.4 Å². The molecule has 6 nitrogen and oxygen atoms in total. The molecule has 0 unspecified atom stereocenters. The Morgan fingerprint density at radius 2 is 1.79 bits per heavy atom. The van der Waals surface area contributed by atoms with Crippen molar-refractivity contribution in [2.24, 2.45) is 5.92 Å². The summed E-state index contributed by atoms with van der Waals surface area (Å²) in [7, 11) is 0. The Morgan fingerprint density at radius 3 is 2.55 bits per heavy atom. The van der Waals surface area contributed by atoms with E-state index in [4.69, 9.17) is 0 Å². The predicted molar refractivity (Wildman–Crippen MR) is 105 cm³/mol. The molecule has 0 atom stereocenters. The van der Waals surface area contributed by atoms with Crippen molar-refractivity contribution in [2.75, 3.05) is 10.6 Å². The van der Waals surface area contributed by atoms with Crippen LogP contribution in [-0.2, 0) is 4.79 Å².